The molecule has 0 aliphatic rings. The van der Waals surface area contributed by atoms with E-state index < -0.39 is 0 Å². The van der Waals surface area contributed by atoms with Crippen molar-refractivity contribution in [1.82, 2.24) is 4.98 Å². The summed E-state index contributed by atoms with van der Waals surface area (Å²) in [7, 11) is 1.63. The van der Waals surface area contributed by atoms with Crippen molar-refractivity contribution in [1.29, 1.82) is 0 Å². The Labute approximate surface area is 165 Å². The normalized spacial score (nSPS) is 11.0. The van der Waals surface area contributed by atoms with Crippen LogP contribution >= 0.6 is 0 Å². The first kappa shape index (κ1) is 19.4. The summed E-state index contributed by atoms with van der Waals surface area (Å²) >= 11 is 0. The van der Waals surface area contributed by atoms with Crippen LogP contribution in [0.25, 0.3) is 0 Å². The third-order valence-electron chi connectivity index (χ3n) is 4.38. The number of amides is 1. The minimum Gasteiger partial charge on any atom is -0.497 e. The third kappa shape index (κ3) is 4.88. The SMILES string of the molecule is COc1cccc(Nc2ccc(C(=O)Nc3ccc(C(C)(C)C)cc3)cn2)c1. The van der Waals surface area contributed by atoms with E-state index in [1.165, 1.54) is 5.56 Å². The number of aromatic nitrogens is 1. The second-order valence-corrected chi connectivity index (χ2v) is 7.57. The summed E-state index contributed by atoms with van der Waals surface area (Å²) in [5, 5.41) is 6.10. The van der Waals surface area contributed by atoms with E-state index in [-0.39, 0.29) is 11.3 Å². The topological polar surface area (TPSA) is 63.2 Å². The van der Waals surface area contributed by atoms with E-state index in [1.54, 1.807) is 25.4 Å². The monoisotopic (exact) mass is 375 g/mol. The van der Waals surface area contributed by atoms with E-state index in [0.29, 0.717) is 11.4 Å². The number of pyridine rings is 1. The van der Waals surface area contributed by atoms with E-state index in [0.717, 1.165) is 17.1 Å². The van der Waals surface area contributed by atoms with E-state index in [1.807, 2.05) is 48.5 Å². The molecular formula is C23H25N3O2. The van der Waals surface area contributed by atoms with Crippen molar-refractivity contribution in [3.05, 3.63) is 78.0 Å². The molecule has 1 amide bonds. The van der Waals surface area contributed by atoms with Crippen molar-refractivity contribution in [3.63, 3.8) is 0 Å². The van der Waals surface area contributed by atoms with Crippen LogP contribution in [-0.2, 0) is 5.41 Å². The number of rotatable bonds is 5. The van der Waals surface area contributed by atoms with Gasteiger partial charge in [0.05, 0.1) is 12.7 Å². The maximum Gasteiger partial charge on any atom is 0.257 e. The zero-order valence-corrected chi connectivity index (χ0v) is 16.6. The molecule has 0 atom stereocenters. The molecule has 0 unspecified atom stereocenters. The molecule has 2 N–H and O–H groups in total. The number of carbonyl (C=O) groups excluding carboxylic acids is 1. The molecule has 0 aliphatic carbocycles. The zero-order chi connectivity index (χ0) is 20.1. The molecule has 2 aromatic carbocycles. The van der Waals surface area contributed by atoms with Gasteiger partial charge in [0.15, 0.2) is 0 Å². The van der Waals surface area contributed by atoms with Gasteiger partial charge in [-0.15, -0.1) is 0 Å². The van der Waals surface area contributed by atoms with Gasteiger partial charge in [-0.05, 0) is 47.4 Å². The van der Waals surface area contributed by atoms with Crippen LogP contribution in [0.2, 0.25) is 0 Å². The smallest absolute Gasteiger partial charge is 0.257 e. The first-order valence-electron chi connectivity index (χ1n) is 9.14. The minimum atomic E-state index is -0.191. The summed E-state index contributed by atoms with van der Waals surface area (Å²) in [6.45, 7) is 6.48. The molecular weight excluding hydrogens is 350 g/mol. The fourth-order valence-corrected chi connectivity index (χ4v) is 2.71. The largest absolute Gasteiger partial charge is 0.497 e. The van der Waals surface area contributed by atoms with Gasteiger partial charge in [0.25, 0.3) is 5.91 Å². The number of ether oxygens (including phenoxy) is 1. The van der Waals surface area contributed by atoms with Crippen LogP contribution < -0.4 is 15.4 Å². The molecule has 5 nitrogen and oxygen atoms in total. The Hall–Kier alpha value is -3.34. The van der Waals surface area contributed by atoms with Crippen LogP contribution in [0.4, 0.5) is 17.2 Å². The van der Waals surface area contributed by atoms with Gasteiger partial charge in [-0.2, -0.15) is 0 Å². The molecule has 0 saturated heterocycles. The van der Waals surface area contributed by atoms with Crippen LogP contribution in [0.3, 0.4) is 0 Å². The molecule has 1 heterocycles. The summed E-state index contributed by atoms with van der Waals surface area (Å²) < 4.78 is 5.21. The van der Waals surface area contributed by atoms with Gasteiger partial charge in [-0.25, -0.2) is 4.98 Å². The highest BCUT2D eigenvalue weighted by Crippen LogP contribution is 2.24. The van der Waals surface area contributed by atoms with Crippen molar-refractivity contribution < 1.29 is 9.53 Å². The van der Waals surface area contributed by atoms with Gasteiger partial charge >= 0.3 is 0 Å². The molecule has 0 fully saturated rings. The lowest BCUT2D eigenvalue weighted by atomic mass is 9.87. The van der Waals surface area contributed by atoms with Crippen molar-refractivity contribution in [3.8, 4) is 5.75 Å². The van der Waals surface area contributed by atoms with E-state index in [2.05, 4.69) is 36.4 Å². The fourth-order valence-electron chi connectivity index (χ4n) is 2.71. The highest BCUT2D eigenvalue weighted by molar-refractivity contribution is 6.04. The van der Waals surface area contributed by atoms with E-state index in [4.69, 9.17) is 4.74 Å². The Morgan fingerprint density at radius 3 is 2.32 bits per heavy atom. The van der Waals surface area contributed by atoms with Crippen LogP contribution in [-0.4, -0.2) is 18.0 Å². The van der Waals surface area contributed by atoms with Crippen LogP contribution in [0.5, 0.6) is 5.75 Å². The third-order valence-corrected chi connectivity index (χ3v) is 4.38. The highest BCUT2D eigenvalue weighted by Gasteiger charge is 2.13. The summed E-state index contributed by atoms with van der Waals surface area (Å²) in [5.74, 6) is 1.22. The minimum absolute atomic E-state index is 0.0814. The van der Waals surface area contributed by atoms with Gasteiger partial charge < -0.3 is 15.4 Å². The second kappa shape index (κ2) is 8.13. The van der Waals surface area contributed by atoms with Crippen molar-refractivity contribution in [2.75, 3.05) is 17.7 Å². The molecule has 0 bridgehead atoms. The average Bonchev–Trinajstić information content (AvgIpc) is 2.68. The highest BCUT2D eigenvalue weighted by atomic mass is 16.5. The first-order chi connectivity index (χ1) is 13.3. The number of carbonyl (C=O) groups is 1. The van der Waals surface area contributed by atoms with E-state index in [9.17, 15) is 4.79 Å². The van der Waals surface area contributed by atoms with Crippen LogP contribution in [0, 0.1) is 0 Å². The summed E-state index contributed by atoms with van der Waals surface area (Å²) in [5.41, 5.74) is 3.42. The molecule has 144 valence electrons. The summed E-state index contributed by atoms with van der Waals surface area (Å²) in [6, 6.07) is 19.0. The molecule has 1 aromatic heterocycles. The van der Waals surface area contributed by atoms with Crippen molar-refractivity contribution in [2.45, 2.75) is 26.2 Å². The Morgan fingerprint density at radius 2 is 1.71 bits per heavy atom. The van der Waals surface area contributed by atoms with Gasteiger partial charge in [0.1, 0.15) is 11.6 Å². The molecule has 28 heavy (non-hydrogen) atoms. The number of anilines is 3. The standard InChI is InChI=1S/C23H25N3O2/c1-23(2,3)17-9-11-18(12-10-17)26-22(27)16-8-13-21(24-15-16)25-19-6-5-7-20(14-19)28-4/h5-15H,1-4H3,(H,24,25)(H,26,27). The lowest BCUT2D eigenvalue weighted by molar-refractivity contribution is 0.102. The van der Waals surface area contributed by atoms with Crippen LogP contribution in [0.15, 0.2) is 66.9 Å². The Bertz CT molecular complexity index is 943. The second-order valence-electron chi connectivity index (χ2n) is 7.57. The Kier molecular flexibility index (Phi) is 5.64. The Morgan fingerprint density at radius 1 is 0.964 bits per heavy atom. The number of hydrogen-bond acceptors (Lipinski definition) is 4. The Balaban J connectivity index is 1.65. The quantitative estimate of drug-likeness (QED) is 0.628. The van der Waals surface area contributed by atoms with Crippen LogP contribution in [0.1, 0.15) is 36.7 Å². The molecule has 0 radical (unpaired) electrons. The molecule has 3 aromatic rings. The van der Waals surface area contributed by atoms with E-state index >= 15 is 0 Å². The number of nitrogens with one attached hydrogen (secondary N) is 2. The van der Waals surface area contributed by atoms with Gasteiger partial charge in [-0.3, -0.25) is 4.79 Å². The summed E-state index contributed by atoms with van der Waals surface area (Å²) in [4.78, 5) is 16.8. The predicted molar refractivity (Wildman–Crippen MR) is 114 cm³/mol. The van der Waals surface area contributed by atoms with Gasteiger partial charge in [0.2, 0.25) is 0 Å². The number of hydrogen-bond donors (Lipinski definition) is 2. The fraction of sp³-hybridized carbons (Fsp3) is 0.217. The predicted octanol–water partition coefficient (Wildman–Crippen LogP) is 5.38. The average molecular weight is 375 g/mol. The molecule has 0 saturated carbocycles. The lowest BCUT2D eigenvalue weighted by Gasteiger charge is -2.19. The molecule has 3 rings (SSSR count). The summed E-state index contributed by atoms with van der Waals surface area (Å²) in [6.07, 6.45) is 1.56. The van der Waals surface area contributed by atoms with Crippen molar-refractivity contribution in [2.24, 2.45) is 0 Å². The first-order valence-corrected chi connectivity index (χ1v) is 9.14. The number of nitrogens with zero attached hydrogens (tertiary/aromatic N) is 1. The molecule has 0 aliphatic heterocycles. The number of methoxy groups -OCH3 is 1. The maximum atomic E-state index is 12.5. The van der Waals surface area contributed by atoms with Gasteiger partial charge in [0, 0.05) is 23.6 Å². The van der Waals surface area contributed by atoms with Crippen molar-refractivity contribution >= 4 is 23.1 Å². The maximum absolute atomic E-state index is 12.5. The number of benzene rings is 2. The molecule has 5 heteroatoms. The lowest BCUT2D eigenvalue weighted by Crippen LogP contribution is -2.14. The zero-order valence-electron chi connectivity index (χ0n) is 16.6. The molecule has 0 spiro atoms. The van der Waals surface area contributed by atoms with Gasteiger partial charge in [-0.1, -0.05) is 39.0 Å².